The van der Waals surface area contributed by atoms with Crippen molar-refractivity contribution in [1.82, 2.24) is 5.32 Å². The lowest BCUT2D eigenvalue weighted by Crippen LogP contribution is -2.36. The predicted molar refractivity (Wildman–Crippen MR) is 65.8 cm³/mol. The van der Waals surface area contributed by atoms with Gasteiger partial charge in [-0.05, 0) is 37.3 Å². The lowest BCUT2D eigenvalue weighted by atomic mass is 10.2. The number of anilines is 1. The first-order chi connectivity index (χ1) is 7.19. The van der Waals surface area contributed by atoms with E-state index in [-0.39, 0.29) is 0 Å². The van der Waals surface area contributed by atoms with Gasteiger partial charge in [-0.3, -0.25) is 0 Å². The van der Waals surface area contributed by atoms with E-state index < -0.39 is 0 Å². The molecule has 0 amide bonds. The number of hydrogen-bond donors (Lipinski definition) is 1. The van der Waals surface area contributed by atoms with Gasteiger partial charge in [-0.2, -0.15) is 5.26 Å². The highest BCUT2D eigenvalue weighted by molar-refractivity contribution is 7.80. The molecule has 0 bridgehead atoms. The van der Waals surface area contributed by atoms with Crippen molar-refractivity contribution in [3.8, 4) is 6.07 Å². The molecule has 4 heteroatoms. The lowest BCUT2D eigenvalue weighted by Gasteiger charge is -2.20. The van der Waals surface area contributed by atoms with Crippen LogP contribution in [0.2, 0.25) is 0 Å². The Balaban J connectivity index is 2.87. The molecule has 0 radical (unpaired) electrons. The van der Waals surface area contributed by atoms with Gasteiger partial charge in [0.1, 0.15) is 0 Å². The highest BCUT2D eigenvalue weighted by atomic mass is 32.1. The molecule has 0 saturated heterocycles. The van der Waals surface area contributed by atoms with Gasteiger partial charge in [0.05, 0.1) is 11.6 Å². The van der Waals surface area contributed by atoms with Gasteiger partial charge in [0.25, 0.3) is 0 Å². The van der Waals surface area contributed by atoms with Crippen molar-refractivity contribution < 1.29 is 0 Å². The van der Waals surface area contributed by atoms with Gasteiger partial charge in [0.2, 0.25) is 0 Å². The van der Waals surface area contributed by atoms with E-state index in [9.17, 15) is 0 Å². The van der Waals surface area contributed by atoms with Crippen molar-refractivity contribution in [1.29, 1.82) is 5.26 Å². The summed E-state index contributed by atoms with van der Waals surface area (Å²) >= 11 is 5.17. The first-order valence-electron chi connectivity index (χ1n) is 4.70. The van der Waals surface area contributed by atoms with E-state index in [2.05, 4.69) is 11.4 Å². The summed E-state index contributed by atoms with van der Waals surface area (Å²) < 4.78 is 0. The molecule has 0 aromatic heterocycles. The van der Waals surface area contributed by atoms with Crippen LogP contribution in [0.4, 0.5) is 5.69 Å². The van der Waals surface area contributed by atoms with Gasteiger partial charge in [0, 0.05) is 19.3 Å². The van der Waals surface area contributed by atoms with Gasteiger partial charge in [-0.25, -0.2) is 0 Å². The average molecular weight is 219 g/mol. The molecule has 1 N–H and O–H groups in total. The Labute approximate surface area is 95.3 Å². The third kappa shape index (κ3) is 2.93. The summed E-state index contributed by atoms with van der Waals surface area (Å²) in [5, 5.41) is 12.5. The number of nitrogens with one attached hydrogen (secondary N) is 1. The molecular weight excluding hydrogens is 206 g/mol. The van der Waals surface area contributed by atoms with Crippen LogP contribution >= 0.6 is 12.2 Å². The molecular formula is C11H13N3S. The molecule has 1 rings (SSSR count). The quantitative estimate of drug-likeness (QED) is 0.771. The van der Waals surface area contributed by atoms with Crippen LogP contribution in [0.5, 0.6) is 0 Å². The highest BCUT2D eigenvalue weighted by Crippen LogP contribution is 2.14. The molecule has 78 valence electrons. The molecule has 0 saturated carbocycles. The molecule has 0 aliphatic carbocycles. The minimum Gasteiger partial charge on any atom is -0.363 e. The third-order valence-corrected chi connectivity index (χ3v) is 2.41. The Hall–Kier alpha value is -1.60. The van der Waals surface area contributed by atoms with Gasteiger partial charge in [0.15, 0.2) is 5.11 Å². The standard InChI is InChI=1S/C11H13N3S/c1-3-13-11(15)14(2)10-6-4-5-9(7-10)8-12/h4-7H,3H2,1-2H3,(H,13,15). The second kappa shape index (κ2) is 5.32. The average Bonchev–Trinajstić information content (AvgIpc) is 2.28. The number of nitrogens with zero attached hydrogens (tertiary/aromatic N) is 2. The van der Waals surface area contributed by atoms with Gasteiger partial charge >= 0.3 is 0 Å². The maximum Gasteiger partial charge on any atom is 0.173 e. The normalized spacial score (nSPS) is 9.13. The van der Waals surface area contributed by atoms with Crippen molar-refractivity contribution in [2.75, 3.05) is 18.5 Å². The van der Waals surface area contributed by atoms with E-state index in [1.54, 1.807) is 6.07 Å². The highest BCUT2D eigenvalue weighted by Gasteiger charge is 2.05. The van der Waals surface area contributed by atoms with Crippen molar-refractivity contribution in [2.45, 2.75) is 6.92 Å². The summed E-state index contributed by atoms with van der Waals surface area (Å²) in [6, 6.07) is 9.45. The number of thiocarbonyl (C=S) groups is 1. The molecule has 0 atom stereocenters. The van der Waals surface area contributed by atoms with Crippen LogP contribution in [-0.4, -0.2) is 18.7 Å². The summed E-state index contributed by atoms with van der Waals surface area (Å²) in [5.41, 5.74) is 1.55. The first-order valence-corrected chi connectivity index (χ1v) is 5.11. The van der Waals surface area contributed by atoms with E-state index in [1.807, 2.05) is 37.1 Å². The van der Waals surface area contributed by atoms with Crippen LogP contribution in [-0.2, 0) is 0 Å². The van der Waals surface area contributed by atoms with E-state index in [0.717, 1.165) is 12.2 Å². The molecule has 15 heavy (non-hydrogen) atoms. The van der Waals surface area contributed by atoms with Crippen molar-refractivity contribution >= 4 is 23.0 Å². The van der Waals surface area contributed by atoms with Crippen LogP contribution in [0.3, 0.4) is 0 Å². The molecule has 0 aliphatic rings. The summed E-state index contributed by atoms with van der Waals surface area (Å²) in [6.45, 7) is 2.78. The van der Waals surface area contributed by atoms with Crippen molar-refractivity contribution in [3.05, 3.63) is 29.8 Å². The second-order valence-electron chi connectivity index (χ2n) is 3.06. The Morgan fingerprint density at radius 2 is 2.33 bits per heavy atom. The minimum atomic E-state index is 0.638. The minimum absolute atomic E-state index is 0.638. The molecule has 0 unspecified atom stereocenters. The summed E-state index contributed by atoms with van der Waals surface area (Å²) in [6.07, 6.45) is 0. The Bertz CT molecular complexity index is 395. The van der Waals surface area contributed by atoms with Crippen LogP contribution in [0.15, 0.2) is 24.3 Å². The molecule has 0 aliphatic heterocycles. The van der Waals surface area contributed by atoms with Crippen LogP contribution in [0.25, 0.3) is 0 Å². The monoisotopic (exact) mass is 219 g/mol. The Kier molecular flexibility index (Phi) is 4.07. The predicted octanol–water partition coefficient (Wildman–Crippen LogP) is 1.89. The van der Waals surface area contributed by atoms with Gasteiger partial charge < -0.3 is 10.2 Å². The largest absolute Gasteiger partial charge is 0.363 e. The maximum absolute atomic E-state index is 8.77. The molecule has 1 aromatic rings. The first kappa shape index (κ1) is 11.5. The summed E-state index contributed by atoms with van der Waals surface area (Å²) in [4.78, 5) is 1.85. The molecule has 1 aromatic carbocycles. The van der Waals surface area contributed by atoms with Crippen LogP contribution in [0.1, 0.15) is 12.5 Å². The zero-order chi connectivity index (χ0) is 11.3. The maximum atomic E-state index is 8.77. The second-order valence-corrected chi connectivity index (χ2v) is 3.44. The molecule has 0 fully saturated rings. The SMILES string of the molecule is CCNC(=S)N(C)c1cccc(C#N)c1. The summed E-state index contributed by atoms with van der Waals surface area (Å²) in [5.74, 6) is 0. The number of benzene rings is 1. The van der Waals surface area contributed by atoms with E-state index in [1.165, 1.54) is 0 Å². The van der Waals surface area contributed by atoms with Crippen LogP contribution in [0, 0.1) is 11.3 Å². The zero-order valence-corrected chi connectivity index (χ0v) is 9.64. The fourth-order valence-electron chi connectivity index (χ4n) is 1.17. The number of hydrogen-bond acceptors (Lipinski definition) is 2. The van der Waals surface area contributed by atoms with Gasteiger partial charge in [-0.1, -0.05) is 6.07 Å². The fourth-order valence-corrected chi connectivity index (χ4v) is 1.42. The topological polar surface area (TPSA) is 39.1 Å². The van der Waals surface area contributed by atoms with E-state index >= 15 is 0 Å². The Morgan fingerprint density at radius 3 is 2.93 bits per heavy atom. The molecule has 3 nitrogen and oxygen atoms in total. The molecule has 0 spiro atoms. The van der Waals surface area contributed by atoms with Crippen LogP contribution < -0.4 is 10.2 Å². The lowest BCUT2D eigenvalue weighted by molar-refractivity contribution is 0.956. The molecule has 0 heterocycles. The van der Waals surface area contributed by atoms with E-state index in [0.29, 0.717) is 10.7 Å². The number of nitriles is 1. The van der Waals surface area contributed by atoms with Gasteiger partial charge in [-0.15, -0.1) is 0 Å². The number of rotatable bonds is 2. The zero-order valence-electron chi connectivity index (χ0n) is 8.82. The third-order valence-electron chi connectivity index (χ3n) is 2.00. The van der Waals surface area contributed by atoms with Crippen molar-refractivity contribution in [3.63, 3.8) is 0 Å². The van der Waals surface area contributed by atoms with Crippen molar-refractivity contribution in [2.24, 2.45) is 0 Å². The Morgan fingerprint density at radius 1 is 1.60 bits per heavy atom. The smallest absolute Gasteiger partial charge is 0.173 e. The fraction of sp³-hybridized carbons (Fsp3) is 0.273. The van der Waals surface area contributed by atoms with E-state index in [4.69, 9.17) is 17.5 Å². The summed E-state index contributed by atoms with van der Waals surface area (Å²) in [7, 11) is 1.88.